The largest absolute Gasteiger partial charge is 0.481 e. The Labute approximate surface area is 304 Å². The standard InChI is InChI=1S/C38H36Cl2N6O5/c1-51-36-23(18-41-20-25-11-13-33(47)43-25)10-12-30(44-36)29-8-3-7-28(35(29)40)27-6-2-5-26(34(27)39)22-14-16-46-32(17-22)42-19-24(37(46)48)21-45-15-4-9-31(45)38(49)50/h2-3,5-8,10,12,14,16-17,19,25,31,41H,4,9,11,13,15,18,20-21H2,1H3,(H,43,47)(H,49,50)/t25-,31-/m1/s1. The monoisotopic (exact) mass is 726 g/mol. The van der Waals surface area contributed by atoms with Crippen LogP contribution in [0.1, 0.15) is 36.8 Å². The molecule has 3 aromatic heterocycles. The second-order valence-corrected chi connectivity index (χ2v) is 13.6. The molecule has 2 aliphatic heterocycles. The molecule has 2 fully saturated rings. The van der Waals surface area contributed by atoms with Gasteiger partial charge < -0.3 is 20.5 Å². The summed E-state index contributed by atoms with van der Waals surface area (Å²) in [6.45, 7) is 2.05. The van der Waals surface area contributed by atoms with Gasteiger partial charge in [-0.3, -0.25) is 23.7 Å². The van der Waals surface area contributed by atoms with Crippen LogP contribution in [0.4, 0.5) is 0 Å². The summed E-state index contributed by atoms with van der Waals surface area (Å²) in [5.74, 6) is -0.306. The molecule has 2 aromatic carbocycles. The summed E-state index contributed by atoms with van der Waals surface area (Å²) < 4.78 is 7.11. The maximum absolute atomic E-state index is 13.4. The van der Waals surface area contributed by atoms with E-state index < -0.39 is 12.0 Å². The van der Waals surface area contributed by atoms with Gasteiger partial charge in [0.2, 0.25) is 11.8 Å². The normalized spacial score (nSPS) is 17.6. The van der Waals surface area contributed by atoms with Crippen LogP contribution in [-0.4, -0.2) is 68.5 Å². The number of pyridine rings is 2. The van der Waals surface area contributed by atoms with Crippen molar-refractivity contribution < 1.29 is 19.4 Å². The van der Waals surface area contributed by atoms with Crippen molar-refractivity contribution in [1.82, 2.24) is 29.9 Å². The molecule has 0 unspecified atom stereocenters. The minimum atomic E-state index is -0.873. The number of likely N-dealkylation sites (tertiary alicyclic amines) is 1. The van der Waals surface area contributed by atoms with Crippen LogP contribution in [0.2, 0.25) is 10.0 Å². The summed E-state index contributed by atoms with van der Waals surface area (Å²) >= 11 is 14.2. The van der Waals surface area contributed by atoms with Crippen LogP contribution >= 0.6 is 23.2 Å². The third-order valence-electron chi connectivity index (χ3n) is 9.60. The number of rotatable bonds is 11. The van der Waals surface area contributed by atoms with Crippen LogP contribution in [0.15, 0.2) is 77.9 Å². The number of carbonyl (C=O) groups is 2. The molecule has 11 nitrogen and oxygen atoms in total. The van der Waals surface area contributed by atoms with Crippen LogP contribution < -0.4 is 20.9 Å². The smallest absolute Gasteiger partial charge is 0.320 e. The molecule has 51 heavy (non-hydrogen) atoms. The molecule has 0 spiro atoms. The average Bonchev–Trinajstić information content (AvgIpc) is 3.78. The SMILES string of the molecule is COc1nc(-c2cccc(-c3cccc(-c4ccn5c(=O)c(CN6CCC[C@@H]6C(=O)O)cnc5c4)c3Cl)c2Cl)ccc1CNC[C@H]1CCC(=O)N1. The number of fused-ring (bicyclic) bond motifs is 1. The van der Waals surface area contributed by atoms with Crippen molar-refractivity contribution >= 4 is 40.7 Å². The Bertz CT molecular complexity index is 2210. The average molecular weight is 728 g/mol. The van der Waals surface area contributed by atoms with Crippen molar-refractivity contribution in [2.24, 2.45) is 0 Å². The third-order valence-corrected chi connectivity index (χ3v) is 10.4. The van der Waals surface area contributed by atoms with E-state index in [2.05, 4.69) is 15.6 Å². The Balaban J connectivity index is 1.14. The van der Waals surface area contributed by atoms with E-state index in [0.29, 0.717) is 65.3 Å². The van der Waals surface area contributed by atoms with Gasteiger partial charge in [-0.15, -0.1) is 0 Å². The summed E-state index contributed by atoms with van der Waals surface area (Å²) in [5, 5.41) is 16.9. The molecule has 2 saturated heterocycles. The van der Waals surface area contributed by atoms with E-state index in [1.165, 1.54) is 10.6 Å². The number of hydrogen-bond acceptors (Lipinski definition) is 8. The number of amides is 1. The second kappa shape index (κ2) is 14.8. The van der Waals surface area contributed by atoms with E-state index in [9.17, 15) is 19.5 Å². The molecule has 1 amide bonds. The van der Waals surface area contributed by atoms with Crippen LogP contribution in [0.5, 0.6) is 5.88 Å². The Morgan fingerprint density at radius 2 is 1.75 bits per heavy atom. The van der Waals surface area contributed by atoms with Crippen LogP contribution in [0.3, 0.4) is 0 Å². The van der Waals surface area contributed by atoms with Crippen molar-refractivity contribution in [3.05, 3.63) is 105 Å². The number of benzene rings is 2. The van der Waals surface area contributed by atoms with E-state index in [1.807, 2.05) is 59.5 Å². The van der Waals surface area contributed by atoms with Crippen molar-refractivity contribution in [3.63, 3.8) is 0 Å². The first-order chi connectivity index (χ1) is 24.7. The Morgan fingerprint density at radius 3 is 2.47 bits per heavy atom. The van der Waals surface area contributed by atoms with Gasteiger partial charge in [-0.2, -0.15) is 0 Å². The van der Waals surface area contributed by atoms with Gasteiger partial charge in [0.1, 0.15) is 11.7 Å². The first-order valence-corrected chi connectivity index (χ1v) is 17.6. The van der Waals surface area contributed by atoms with Crippen molar-refractivity contribution in [2.75, 3.05) is 20.2 Å². The highest BCUT2D eigenvalue weighted by Crippen LogP contribution is 2.42. The summed E-state index contributed by atoms with van der Waals surface area (Å²) in [6, 6.07) is 18.4. The first-order valence-electron chi connectivity index (χ1n) is 16.8. The maximum atomic E-state index is 13.4. The van der Waals surface area contributed by atoms with Crippen LogP contribution in [0.25, 0.3) is 39.2 Å². The molecule has 7 rings (SSSR count). The predicted octanol–water partition coefficient (Wildman–Crippen LogP) is 5.82. The molecular weight excluding hydrogens is 691 g/mol. The van der Waals surface area contributed by atoms with E-state index >= 15 is 0 Å². The molecule has 0 radical (unpaired) electrons. The van der Waals surface area contributed by atoms with Crippen molar-refractivity contribution in [3.8, 4) is 39.4 Å². The van der Waals surface area contributed by atoms with Crippen LogP contribution in [0, 0.1) is 0 Å². The lowest BCUT2D eigenvalue weighted by molar-refractivity contribution is -0.142. The lowest BCUT2D eigenvalue weighted by atomic mass is 9.97. The topological polar surface area (TPSA) is 138 Å². The number of methoxy groups -OCH3 is 1. The molecule has 2 aliphatic rings. The number of aromatic nitrogens is 3. The summed E-state index contributed by atoms with van der Waals surface area (Å²) in [7, 11) is 1.58. The summed E-state index contributed by atoms with van der Waals surface area (Å²) in [6.07, 6.45) is 5.93. The molecule has 5 heterocycles. The van der Waals surface area contributed by atoms with Gasteiger partial charge in [0, 0.05) is 72.3 Å². The zero-order chi connectivity index (χ0) is 35.6. The highest BCUT2D eigenvalue weighted by atomic mass is 35.5. The van der Waals surface area contributed by atoms with Gasteiger partial charge in [0.15, 0.2) is 0 Å². The number of halogens is 2. The number of nitrogens with zero attached hydrogens (tertiary/aromatic N) is 4. The lowest BCUT2D eigenvalue weighted by Crippen LogP contribution is -2.37. The minimum Gasteiger partial charge on any atom is -0.481 e. The number of carboxylic acids is 1. The number of ether oxygens (including phenoxy) is 1. The first kappa shape index (κ1) is 34.6. The molecule has 5 aromatic rings. The quantitative estimate of drug-likeness (QED) is 0.154. The van der Waals surface area contributed by atoms with Gasteiger partial charge in [-0.25, -0.2) is 9.97 Å². The van der Waals surface area contributed by atoms with Crippen LogP contribution in [-0.2, 0) is 22.7 Å². The Morgan fingerprint density at radius 1 is 1.00 bits per heavy atom. The fraction of sp³-hybridized carbons (Fsp3) is 0.289. The fourth-order valence-corrected chi connectivity index (χ4v) is 7.61. The Hall–Kier alpha value is -4.81. The fourth-order valence-electron chi connectivity index (χ4n) is 6.95. The van der Waals surface area contributed by atoms with E-state index in [-0.39, 0.29) is 24.1 Å². The molecule has 0 aliphatic carbocycles. The maximum Gasteiger partial charge on any atom is 0.320 e. The highest BCUT2D eigenvalue weighted by Gasteiger charge is 2.31. The van der Waals surface area contributed by atoms with Gasteiger partial charge in [0.25, 0.3) is 5.56 Å². The second-order valence-electron chi connectivity index (χ2n) is 12.8. The van der Waals surface area contributed by atoms with E-state index in [0.717, 1.165) is 46.2 Å². The minimum absolute atomic E-state index is 0.0871. The third kappa shape index (κ3) is 7.07. The molecule has 13 heteroatoms. The zero-order valence-corrected chi connectivity index (χ0v) is 29.4. The van der Waals surface area contributed by atoms with E-state index in [4.69, 9.17) is 32.9 Å². The highest BCUT2D eigenvalue weighted by molar-refractivity contribution is 6.39. The van der Waals surface area contributed by atoms with Crippen molar-refractivity contribution in [1.29, 1.82) is 0 Å². The predicted molar refractivity (Wildman–Crippen MR) is 196 cm³/mol. The van der Waals surface area contributed by atoms with Gasteiger partial charge in [-0.1, -0.05) is 65.7 Å². The molecule has 0 bridgehead atoms. The van der Waals surface area contributed by atoms with Gasteiger partial charge in [-0.05, 0) is 49.6 Å². The molecule has 0 saturated carbocycles. The number of hydrogen-bond donors (Lipinski definition) is 3. The molecular formula is C38H36Cl2N6O5. The Kier molecular flexibility index (Phi) is 10.1. The van der Waals surface area contributed by atoms with Crippen molar-refractivity contribution in [2.45, 2.75) is 50.9 Å². The van der Waals surface area contributed by atoms with E-state index in [1.54, 1.807) is 19.4 Å². The molecule has 3 N–H and O–H groups in total. The van der Waals surface area contributed by atoms with Gasteiger partial charge in [0.05, 0.1) is 28.4 Å². The number of carboxylic acid groups (broad SMARTS) is 1. The zero-order valence-electron chi connectivity index (χ0n) is 27.9. The lowest BCUT2D eigenvalue weighted by Gasteiger charge is -2.20. The van der Waals surface area contributed by atoms with Gasteiger partial charge >= 0.3 is 5.97 Å². The summed E-state index contributed by atoms with van der Waals surface area (Å²) in [4.78, 5) is 47.7. The molecule has 2 atom stereocenters. The number of aliphatic carboxylic acids is 1. The molecule has 262 valence electrons. The number of carbonyl (C=O) groups excluding carboxylic acids is 1. The number of nitrogens with one attached hydrogen (secondary N) is 2. The summed E-state index contributed by atoms with van der Waals surface area (Å²) in [5.41, 5.74) is 5.87.